The molecule has 1 fully saturated rings. The normalized spacial score (nSPS) is 18.5. The number of nitrogens with zero attached hydrogens (tertiary/aromatic N) is 3. The Hall–Kier alpha value is -1.61. The van der Waals surface area contributed by atoms with Crippen LogP contribution in [0.5, 0.6) is 0 Å². The quantitative estimate of drug-likeness (QED) is 0.863. The molecule has 1 aromatic carbocycles. The predicted octanol–water partition coefficient (Wildman–Crippen LogP) is 3.65. The third-order valence-electron chi connectivity index (χ3n) is 3.89. The summed E-state index contributed by atoms with van der Waals surface area (Å²) in [6.45, 7) is 3.14. The zero-order valence-corrected chi connectivity index (χ0v) is 12.3. The molecule has 0 bridgehead atoms. The lowest BCUT2D eigenvalue weighted by atomic mass is 10.0. The minimum atomic E-state index is 0.477. The number of hydrogen-bond donors (Lipinski definition) is 0. The standard InChI is InChI=1S/C16H18ClN3/c1-12-4-6-13(7-5-12)9-14-3-2-8-20(14)16-15(17)10-18-11-19-16/h4-7,10-11,14H,2-3,8-9H2,1H3. The highest BCUT2D eigenvalue weighted by Crippen LogP contribution is 2.30. The van der Waals surface area contributed by atoms with Crippen LogP contribution < -0.4 is 4.90 Å². The van der Waals surface area contributed by atoms with Gasteiger partial charge in [-0.1, -0.05) is 41.4 Å². The number of aryl methyl sites for hydroxylation is 1. The molecule has 2 heterocycles. The first kappa shape index (κ1) is 13.4. The molecule has 104 valence electrons. The van der Waals surface area contributed by atoms with Crippen LogP contribution in [0.3, 0.4) is 0 Å². The Labute approximate surface area is 124 Å². The summed E-state index contributed by atoms with van der Waals surface area (Å²) in [7, 11) is 0. The van der Waals surface area contributed by atoms with E-state index in [4.69, 9.17) is 11.6 Å². The Morgan fingerprint density at radius 2 is 2.10 bits per heavy atom. The summed E-state index contributed by atoms with van der Waals surface area (Å²) in [5.41, 5.74) is 2.67. The van der Waals surface area contributed by atoms with E-state index in [-0.39, 0.29) is 0 Å². The minimum Gasteiger partial charge on any atom is -0.352 e. The van der Waals surface area contributed by atoms with Gasteiger partial charge in [-0.2, -0.15) is 0 Å². The minimum absolute atomic E-state index is 0.477. The maximum absolute atomic E-state index is 6.23. The van der Waals surface area contributed by atoms with Crippen LogP contribution in [0.15, 0.2) is 36.8 Å². The topological polar surface area (TPSA) is 29.0 Å². The second-order valence-corrected chi connectivity index (χ2v) is 5.78. The lowest BCUT2D eigenvalue weighted by molar-refractivity contribution is 0.657. The van der Waals surface area contributed by atoms with Crippen LogP contribution in [-0.4, -0.2) is 22.6 Å². The molecule has 0 saturated carbocycles. The van der Waals surface area contributed by atoms with E-state index < -0.39 is 0 Å². The van der Waals surface area contributed by atoms with Crippen molar-refractivity contribution in [3.63, 3.8) is 0 Å². The lowest BCUT2D eigenvalue weighted by Crippen LogP contribution is -2.32. The second kappa shape index (κ2) is 5.80. The maximum Gasteiger partial charge on any atom is 0.151 e. The van der Waals surface area contributed by atoms with Gasteiger partial charge in [0.15, 0.2) is 5.82 Å². The Balaban J connectivity index is 1.79. The summed E-state index contributed by atoms with van der Waals surface area (Å²) in [4.78, 5) is 10.6. The van der Waals surface area contributed by atoms with Gasteiger partial charge in [-0.05, 0) is 31.7 Å². The van der Waals surface area contributed by atoms with Gasteiger partial charge in [-0.15, -0.1) is 0 Å². The van der Waals surface area contributed by atoms with E-state index in [1.807, 2.05) is 0 Å². The summed E-state index contributed by atoms with van der Waals surface area (Å²) in [5.74, 6) is 0.872. The van der Waals surface area contributed by atoms with Gasteiger partial charge < -0.3 is 4.90 Å². The van der Waals surface area contributed by atoms with Crippen molar-refractivity contribution in [1.82, 2.24) is 9.97 Å². The van der Waals surface area contributed by atoms with Crippen LogP contribution in [0.4, 0.5) is 5.82 Å². The van der Waals surface area contributed by atoms with E-state index in [1.165, 1.54) is 24.0 Å². The maximum atomic E-state index is 6.23. The van der Waals surface area contributed by atoms with Crippen molar-refractivity contribution >= 4 is 17.4 Å². The van der Waals surface area contributed by atoms with Crippen LogP contribution in [0.1, 0.15) is 24.0 Å². The molecule has 1 unspecified atom stereocenters. The second-order valence-electron chi connectivity index (χ2n) is 5.37. The third-order valence-corrected chi connectivity index (χ3v) is 4.16. The molecular weight excluding hydrogens is 270 g/mol. The average molecular weight is 288 g/mol. The Morgan fingerprint density at radius 1 is 1.30 bits per heavy atom. The zero-order valence-electron chi connectivity index (χ0n) is 11.6. The van der Waals surface area contributed by atoms with Gasteiger partial charge in [0.25, 0.3) is 0 Å². The van der Waals surface area contributed by atoms with Crippen molar-refractivity contribution in [2.24, 2.45) is 0 Å². The van der Waals surface area contributed by atoms with Gasteiger partial charge in [0.05, 0.1) is 6.20 Å². The Kier molecular flexibility index (Phi) is 3.88. The van der Waals surface area contributed by atoms with E-state index in [2.05, 4.69) is 46.1 Å². The molecule has 1 saturated heterocycles. The van der Waals surface area contributed by atoms with E-state index in [1.54, 1.807) is 12.5 Å². The van der Waals surface area contributed by atoms with E-state index in [0.717, 1.165) is 18.8 Å². The fraction of sp³-hybridized carbons (Fsp3) is 0.375. The molecule has 3 rings (SSSR count). The smallest absolute Gasteiger partial charge is 0.151 e. The summed E-state index contributed by atoms with van der Waals surface area (Å²) in [6, 6.07) is 9.25. The third kappa shape index (κ3) is 2.78. The van der Waals surface area contributed by atoms with Gasteiger partial charge >= 0.3 is 0 Å². The van der Waals surface area contributed by atoms with Crippen molar-refractivity contribution in [2.75, 3.05) is 11.4 Å². The SMILES string of the molecule is Cc1ccc(CC2CCCN2c2ncncc2Cl)cc1. The van der Waals surface area contributed by atoms with Crippen LogP contribution >= 0.6 is 11.6 Å². The van der Waals surface area contributed by atoms with Crippen molar-refractivity contribution < 1.29 is 0 Å². The van der Waals surface area contributed by atoms with Crippen LogP contribution in [0.25, 0.3) is 0 Å². The largest absolute Gasteiger partial charge is 0.352 e. The Morgan fingerprint density at radius 3 is 2.85 bits per heavy atom. The predicted molar refractivity (Wildman–Crippen MR) is 82.3 cm³/mol. The number of halogens is 1. The average Bonchev–Trinajstić information content (AvgIpc) is 2.90. The number of rotatable bonds is 3. The van der Waals surface area contributed by atoms with Gasteiger partial charge in [0, 0.05) is 12.6 Å². The first-order chi connectivity index (χ1) is 9.74. The summed E-state index contributed by atoms with van der Waals surface area (Å²) < 4.78 is 0. The first-order valence-corrected chi connectivity index (χ1v) is 7.39. The van der Waals surface area contributed by atoms with E-state index in [9.17, 15) is 0 Å². The van der Waals surface area contributed by atoms with Crippen LogP contribution in [-0.2, 0) is 6.42 Å². The molecule has 0 aliphatic carbocycles. The zero-order chi connectivity index (χ0) is 13.9. The van der Waals surface area contributed by atoms with Crippen molar-refractivity contribution in [2.45, 2.75) is 32.2 Å². The number of aromatic nitrogens is 2. The molecule has 3 nitrogen and oxygen atoms in total. The van der Waals surface area contributed by atoms with Gasteiger partial charge in [-0.3, -0.25) is 0 Å². The van der Waals surface area contributed by atoms with Crippen LogP contribution in [0, 0.1) is 6.92 Å². The molecule has 0 amide bonds. The highest BCUT2D eigenvalue weighted by atomic mass is 35.5. The summed E-state index contributed by atoms with van der Waals surface area (Å²) >= 11 is 6.23. The molecule has 1 atom stereocenters. The fourth-order valence-corrected chi connectivity index (χ4v) is 3.05. The number of hydrogen-bond acceptors (Lipinski definition) is 3. The highest BCUT2D eigenvalue weighted by Gasteiger charge is 2.27. The Bertz CT molecular complexity index is 583. The lowest BCUT2D eigenvalue weighted by Gasteiger charge is -2.26. The van der Waals surface area contributed by atoms with Crippen LogP contribution in [0.2, 0.25) is 5.02 Å². The number of anilines is 1. The van der Waals surface area contributed by atoms with Crippen molar-refractivity contribution in [3.05, 3.63) is 52.9 Å². The molecule has 1 aliphatic heterocycles. The van der Waals surface area contributed by atoms with Gasteiger partial charge in [-0.25, -0.2) is 9.97 Å². The van der Waals surface area contributed by atoms with E-state index in [0.29, 0.717) is 11.1 Å². The molecule has 1 aliphatic rings. The summed E-state index contributed by atoms with van der Waals surface area (Å²) in [6.07, 6.45) is 6.67. The molecule has 0 radical (unpaired) electrons. The monoisotopic (exact) mass is 287 g/mol. The molecule has 1 aromatic heterocycles. The fourth-order valence-electron chi connectivity index (χ4n) is 2.84. The van der Waals surface area contributed by atoms with Gasteiger partial charge in [0.2, 0.25) is 0 Å². The molecule has 0 N–H and O–H groups in total. The molecule has 0 spiro atoms. The van der Waals surface area contributed by atoms with Crippen molar-refractivity contribution in [3.8, 4) is 0 Å². The summed E-state index contributed by atoms with van der Waals surface area (Å²) in [5, 5.41) is 0.642. The number of benzene rings is 1. The molecule has 4 heteroatoms. The van der Waals surface area contributed by atoms with E-state index >= 15 is 0 Å². The molecule has 2 aromatic rings. The van der Waals surface area contributed by atoms with Crippen molar-refractivity contribution in [1.29, 1.82) is 0 Å². The highest BCUT2D eigenvalue weighted by molar-refractivity contribution is 6.32. The first-order valence-electron chi connectivity index (χ1n) is 7.02. The van der Waals surface area contributed by atoms with Gasteiger partial charge in [0.1, 0.15) is 11.3 Å². The molecular formula is C16H18ClN3. The molecule has 20 heavy (non-hydrogen) atoms.